The Hall–Kier alpha value is -1.77. The van der Waals surface area contributed by atoms with E-state index in [0.29, 0.717) is 22.9 Å². The third-order valence-electron chi connectivity index (χ3n) is 2.73. The van der Waals surface area contributed by atoms with Crippen molar-refractivity contribution in [2.75, 3.05) is 0 Å². The fourth-order valence-corrected chi connectivity index (χ4v) is 1.90. The van der Waals surface area contributed by atoms with Crippen LogP contribution in [0.5, 0.6) is 5.75 Å². The highest BCUT2D eigenvalue weighted by Gasteiger charge is 2.11. The van der Waals surface area contributed by atoms with Gasteiger partial charge in [0, 0.05) is 12.4 Å². The Kier molecular flexibility index (Phi) is 2.23. The molecule has 1 N–H and O–H groups in total. The van der Waals surface area contributed by atoms with Crippen LogP contribution in [-0.4, -0.2) is 9.67 Å². The maximum atomic E-state index is 11.9. The topological polar surface area (TPSA) is 42.2 Å². The summed E-state index contributed by atoms with van der Waals surface area (Å²) in [5, 5.41) is 11.2. The van der Waals surface area contributed by atoms with Gasteiger partial charge >= 0.3 is 0 Å². The second-order valence-corrected chi connectivity index (χ2v) is 3.56. The van der Waals surface area contributed by atoms with Crippen molar-refractivity contribution in [2.24, 2.45) is 7.05 Å². The Balaban J connectivity index is 3.03. The van der Waals surface area contributed by atoms with E-state index in [1.54, 1.807) is 25.2 Å². The van der Waals surface area contributed by atoms with E-state index >= 15 is 0 Å². The van der Waals surface area contributed by atoms with Crippen molar-refractivity contribution in [3.05, 3.63) is 40.3 Å². The maximum absolute atomic E-state index is 11.9. The Morgan fingerprint density at radius 3 is 2.47 bits per heavy atom. The Morgan fingerprint density at radius 2 is 1.87 bits per heavy atom. The lowest BCUT2D eigenvalue weighted by atomic mass is 10.1. The third-order valence-corrected chi connectivity index (χ3v) is 2.73. The molecule has 0 bridgehead atoms. The molecule has 2 rings (SSSR count). The molecule has 1 heterocycles. The summed E-state index contributed by atoms with van der Waals surface area (Å²) in [6.07, 6.45) is 0.641. The summed E-state index contributed by atoms with van der Waals surface area (Å²) in [7, 11) is 1.69. The molecule has 15 heavy (non-hydrogen) atoms. The molecule has 1 aromatic heterocycles. The van der Waals surface area contributed by atoms with Crippen molar-refractivity contribution in [3.63, 3.8) is 0 Å². The van der Waals surface area contributed by atoms with Crippen LogP contribution in [0.25, 0.3) is 10.8 Å². The van der Waals surface area contributed by atoms with Crippen LogP contribution in [0.15, 0.2) is 29.1 Å². The number of aromatic hydroxyl groups is 1. The first-order valence-electron chi connectivity index (χ1n) is 4.96. The monoisotopic (exact) mass is 203 g/mol. The molecule has 0 fully saturated rings. The summed E-state index contributed by atoms with van der Waals surface area (Å²) in [5.41, 5.74) is 0.624. The normalized spacial score (nSPS) is 10.8. The summed E-state index contributed by atoms with van der Waals surface area (Å²) in [5.74, 6) is 0.218. The molecular formula is C12H13NO2. The van der Waals surface area contributed by atoms with Crippen LogP contribution in [0.2, 0.25) is 0 Å². The molecule has 2 aromatic rings. The highest BCUT2D eigenvalue weighted by atomic mass is 16.3. The second kappa shape index (κ2) is 3.42. The van der Waals surface area contributed by atoms with Gasteiger partial charge in [0.15, 0.2) is 0 Å². The van der Waals surface area contributed by atoms with E-state index in [9.17, 15) is 9.90 Å². The number of pyridine rings is 1. The van der Waals surface area contributed by atoms with Crippen LogP contribution < -0.4 is 5.56 Å². The minimum atomic E-state index is -0.0553. The number of benzene rings is 1. The summed E-state index contributed by atoms with van der Waals surface area (Å²) < 4.78 is 1.51. The van der Waals surface area contributed by atoms with Crippen molar-refractivity contribution >= 4 is 10.8 Å². The lowest BCUT2D eigenvalue weighted by Gasteiger charge is -2.11. The molecule has 3 heteroatoms. The van der Waals surface area contributed by atoms with Gasteiger partial charge in [-0.2, -0.15) is 0 Å². The average Bonchev–Trinajstić information content (AvgIpc) is 2.27. The van der Waals surface area contributed by atoms with Crippen LogP contribution in [0, 0.1) is 0 Å². The fourth-order valence-electron chi connectivity index (χ4n) is 1.90. The van der Waals surface area contributed by atoms with E-state index in [1.165, 1.54) is 4.57 Å². The highest BCUT2D eigenvalue weighted by molar-refractivity contribution is 5.87. The molecule has 0 aliphatic heterocycles. The van der Waals surface area contributed by atoms with Gasteiger partial charge in [0.2, 0.25) is 0 Å². The molecule has 0 radical (unpaired) electrons. The molecule has 1 aromatic carbocycles. The quantitative estimate of drug-likeness (QED) is 0.768. The van der Waals surface area contributed by atoms with Gasteiger partial charge in [-0.1, -0.05) is 25.1 Å². The molecule has 0 aliphatic carbocycles. The summed E-state index contributed by atoms with van der Waals surface area (Å²) in [6.45, 7) is 1.92. The van der Waals surface area contributed by atoms with E-state index in [1.807, 2.05) is 13.0 Å². The highest BCUT2D eigenvalue weighted by Crippen LogP contribution is 2.25. The molecule has 0 saturated heterocycles. The zero-order valence-electron chi connectivity index (χ0n) is 8.82. The fraction of sp³-hybridized carbons (Fsp3) is 0.250. The van der Waals surface area contributed by atoms with Crippen molar-refractivity contribution in [3.8, 4) is 5.75 Å². The molecule has 0 unspecified atom stereocenters. The van der Waals surface area contributed by atoms with E-state index < -0.39 is 0 Å². The lowest BCUT2D eigenvalue weighted by molar-refractivity contribution is 0.465. The Labute approximate surface area is 87.6 Å². The van der Waals surface area contributed by atoms with Crippen LogP contribution in [-0.2, 0) is 13.5 Å². The third kappa shape index (κ3) is 1.31. The van der Waals surface area contributed by atoms with Gasteiger partial charge < -0.3 is 9.67 Å². The molecule has 0 saturated carbocycles. The standard InChI is InChI=1S/C12H13NO2/c1-3-10-11(14)8-6-4-5-7-9(8)12(15)13(10)2/h4-7,14H,3H2,1-2H3. The Morgan fingerprint density at radius 1 is 1.27 bits per heavy atom. The summed E-state index contributed by atoms with van der Waals surface area (Å²) in [6, 6.07) is 7.12. The van der Waals surface area contributed by atoms with Gasteiger partial charge in [-0.05, 0) is 12.5 Å². The predicted octanol–water partition coefficient (Wildman–Crippen LogP) is 1.81. The van der Waals surface area contributed by atoms with Crippen LogP contribution in [0.1, 0.15) is 12.6 Å². The van der Waals surface area contributed by atoms with Crippen molar-refractivity contribution < 1.29 is 5.11 Å². The van der Waals surface area contributed by atoms with Gasteiger partial charge in [0.05, 0.1) is 11.1 Å². The van der Waals surface area contributed by atoms with E-state index in [2.05, 4.69) is 0 Å². The van der Waals surface area contributed by atoms with Gasteiger partial charge in [-0.3, -0.25) is 4.79 Å². The predicted molar refractivity (Wildman–Crippen MR) is 60.2 cm³/mol. The van der Waals surface area contributed by atoms with Gasteiger partial charge in [0.1, 0.15) is 5.75 Å². The maximum Gasteiger partial charge on any atom is 0.258 e. The van der Waals surface area contributed by atoms with E-state index in [4.69, 9.17) is 0 Å². The van der Waals surface area contributed by atoms with E-state index in [-0.39, 0.29) is 11.3 Å². The smallest absolute Gasteiger partial charge is 0.258 e. The SMILES string of the molecule is CCc1c(O)c2ccccc2c(=O)n1C. The van der Waals surface area contributed by atoms with Crippen molar-refractivity contribution in [1.82, 2.24) is 4.57 Å². The van der Waals surface area contributed by atoms with Crippen LogP contribution in [0.4, 0.5) is 0 Å². The number of fused-ring (bicyclic) bond motifs is 1. The summed E-state index contributed by atoms with van der Waals surface area (Å²) in [4.78, 5) is 11.9. The number of aromatic nitrogens is 1. The van der Waals surface area contributed by atoms with Crippen molar-refractivity contribution in [1.29, 1.82) is 0 Å². The molecule has 78 valence electrons. The largest absolute Gasteiger partial charge is 0.505 e. The number of hydrogen-bond donors (Lipinski definition) is 1. The first-order chi connectivity index (χ1) is 7.16. The zero-order valence-corrected chi connectivity index (χ0v) is 8.82. The molecule has 0 spiro atoms. The number of hydrogen-bond acceptors (Lipinski definition) is 2. The second-order valence-electron chi connectivity index (χ2n) is 3.56. The van der Waals surface area contributed by atoms with Crippen LogP contribution in [0.3, 0.4) is 0 Å². The minimum Gasteiger partial charge on any atom is -0.505 e. The first kappa shape index (κ1) is 9.77. The van der Waals surface area contributed by atoms with E-state index in [0.717, 1.165) is 0 Å². The van der Waals surface area contributed by atoms with Crippen LogP contribution >= 0.6 is 0 Å². The molecule has 0 aliphatic rings. The molecule has 3 nitrogen and oxygen atoms in total. The van der Waals surface area contributed by atoms with Crippen molar-refractivity contribution in [2.45, 2.75) is 13.3 Å². The van der Waals surface area contributed by atoms with Gasteiger partial charge in [0.25, 0.3) is 5.56 Å². The minimum absolute atomic E-state index is 0.0553. The van der Waals surface area contributed by atoms with Gasteiger partial charge in [-0.25, -0.2) is 0 Å². The van der Waals surface area contributed by atoms with Gasteiger partial charge in [-0.15, -0.1) is 0 Å². The number of nitrogens with zero attached hydrogens (tertiary/aromatic N) is 1. The average molecular weight is 203 g/mol. The molecule has 0 atom stereocenters. The lowest BCUT2D eigenvalue weighted by Crippen LogP contribution is -2.20. The Bertz CT molecular complexity index is 570. The number of rotatable bonds is 1. The summed E-state index contributed by atoms with van der Waals surface area (Å²) >= 11 is 0. The first-order valence-corrected chi connectivity index (χ1v) is 4.96. The molecule has 0 amide bonds. The molecular weight excluding hydrogens is 190 g/mol. The zero-order chi connectivity index (χ0) is 11.0.